The molecule has 2 aliphatic rings. The first-order chi connectivity index (χ1) is 18.1. The molecule has 2 aromatic carbocycles. The van der Waals surface area contributed by atoms with Gasteiger partial charge in [-0.15, -0.1) is 0 Å². The van der Waals surface area contributed by atoms with Gasteiger partial charge >= 0.3 is 0 Å². The lowest BCUT2D eigenvalue weighted by atomic mass is 9.93. The van der Waals surface area contributed by atoms with Crippen LogP contribution in [0, 0.1) is 0 Å². The number of rotatable bonds is 6. The molecule has 0 amide bonds. The molecule has 0 unspecified atom stereocenters. The number of nitrogens with zero attached hydrogens (tertiary/aromatic N) is 4. The van der Waals surface area contributed by atoms with Gasteiger partial charge in [-0.3, -0.25) is 4.98 Å². The molecule has 0 bridgehead atoms. The van der Waals surface area contributed by atoms with Gasteiger partial charge in [0.15, 0.2) is 5.13 Å². The SMILES string of the molecule is CN1CCN(c2ccc(-c3cc(Oc4ccc5nc(N[C@@H]6CCCC[C@H]6O)sc5c4)ccn3)cc2)CC1. The average Bonchev–Trinajstić information content (AvgIpc) is 3.32. The van der Waals surface area contributed by atoms with Gasteiger partial charge in [0, 0.05) is 55.8 Å². The second kappa shape index (κ2) is 10.7. The molecule has 37 heavy (non-hydrogen) atoms. The molecule has 4 aromatic rings. The molecule has 2 atom stereocenters. The predicted molar refractivity (Wildman–Crippen MR) is 151 cm³/mol. The van der Waals surface area contributed by atoms with E-state index in [9.17, 15) is 5.11 Å². The molecule has 7 nitrogen and oxygen atoms in total. The zero-order valence-corrected chi connectivity index (χ0v) is 22.0. The van der Waals surface area contributed by atoms with Crippen molar-refractivity contribution in [2.24, 2.45) is 0 Å². The van der Waals surface area contributed by atoms with Gasteiger partial charge < -0.3 is 25.0 Å². The van der Waals surface area contributed by atoms with Crippen LogP contribution in [0.3, 0.4) is 0 Å². The van der Waals surface area contributed by atoms with Gasteiger partial charge in [-0.1, -0.05) is 36.3 Å². The Labute approximate surface area is 221 Å². The van der Waals surface area contributed by atoms with E-state index in [1.54, 1.807) is 17.5 Å². The summed E-state index contributed by atoms with van der Waals surface area (Å²) in [6, 6.07) is 18.6. The minimum absolute atomic E-state index is 0.0795. The minimum Gasteiger partial charge on any atom is -0.457 e. The molecule has 1 saturated heterocycles. The van der Waals surface area contributed by atoms with Crippen LogP contribution in [0.1, 0.15) is 25.7 Å². The Bertz CT molecular complexity index is 1350. The number of fused-ring (bicyclic) bond motifs is 1. The lowest BCUT2D eigenvalue weighted by Gasteiger charge is -2.34. The summed E-state index contributed by atoms with van der Waals surface area (Å²) in [5.74, 6) is 1.52. The number of thiazole rings is 1. The number of likely N-dealkylation sites (N-methyl/N-ethyl adjacent to an activating group) is 1. The smallest absolute Gasteiger partial charge is 0.184 e. The molecule has 1 aliphatic carbocycles. The summed E-state index contributed by atoms with van der Waals surface area (Å²) < 4.78 is 7.27. The van der Waals surface area contributed by atoms with Crippen molar-refractivity contribution in [3.05, 3.63) is 60.8 Å². The van der Waals surface area contributed by atoms with E-state index in [2.05, 4.69) is 51.4 Å². The Kier molecular flexibility index (Phi) is 6.95. The largest absolute Gasteiger partial charge is 0.457 e. The number of aromatic nitrogens is 2. The standard InChI is InChI=1S/C29H33N5O2S/c1-33-14-16-34(17-15-33)21-8-6-20(7-9-21)26-18-23(12-13-30-26)36-22-10-11-25-28(19-22)37-29(32-25)31-24-4-2-3-5-27(24)35/h6-13,18-19,24,27,35H,2-5,14-17H2,1H3,(H,31,32)/t24-,27-/m1/s1. The number of hydrogen-bond acceptors (Lipinski definition) is 8. The maximum Gasteiger partial charge on any atom is 0.184 e. The molecule has 3 heterocycles. The van der Waals surface area contributed by atoms with Crippen molar-refractivity contribution in [1.29, 1.82) is 0 Å². The van der Waals surface area contributed by atoms with Crippen LogP contribution in [0.4, 0.5) is 10.8 Å². The Morgan fingerprint density at radius 1 is 0.946 bits per heavy atom. The Hall–Kier alpha value is -3.20. The molecule has 0 radical (unpaired) electrons. The second-order valence-electron chi connectivity index (χ2n) is 10.1. The van der Waals surface area contributed by atoms with Crippen molar-refractivity contribution >= 4 is 32.4 Å². The third-order valence-corrected chi connectivity index (χ3v) is 8.35. The maximum absolute atomic E-state index is 10.3. The number of pyridine rings is 1. The lowest BCUT2D eigenvalue weighted by molar-refractivity contribution is 0.116. The van der Waals surface area contributed by atoms with Crippen molar-refractivity contribution in [1.82, 2.24) is 14.9 Å². The number of aliphatic hydroxyl groups excluding tert-OH is 1. The molecule has 2 N–H and O–H groups in total. The number of anilines is 2. The van der Waals surface area contributed by atoms with Crippen LogP contribution in [-0.2, 0) is 0 Å². The molecular formula is C29H33N5O2S. The lowest BCUT2D eigenvalue weighted by Crippen LogP contribution is -2.44. The minimum atomic E-state index is -0.302. The molecule has 192 valence electrons. The Morgan fingerprint density at radius 2 is 1.73 bits per heavy atom. The zero-order chi connectivity index (χ0) is 25.2. The maximum atomic E-state index is 10.3. The van der Waals surface area contributed by atoms with E-state index in [1.165, 1.54) is 5.69 Å². The average molecular weight is 516 g/mol. The number of aliphatic hydroxyl groups is 1. The molecule has 2 fully saturated rings. The van der Waals surface area contributed by atoms with E-state index in [1.807, 2.05) is 30.3 Å². The van der Waals surface area contributed by atoms with E-state index < -0.39 is 0 Å². The van der Waals surface area contributed by atoms with Crippen LogP contribution in [0.25, 0.3) is 21.5 Å². The second-order valence-corrected chi connectivity index (χ2v) is 11.1. The Balaban J connectivity index is 1.14. The van der Waals surface area contributed by atoms with Crippen LogP contribution >= 0.6 is 11.3 Å². The summed E-state index contributed by atoms with van der Waals surface area (Å²) >= 11 is 1.60. The Morgan fingerprint density at radius 3 is 2.54 bits per heavy atom. The first kappa shape index (κ1) is 24.2. The first-order valence-corrected chi connectivity index (χ1v) is 14.0. The quantitative estimate of drug-likeness (QED) is 0.345. The van der Waals surface area contributed by atoms with Gasteiger partial charge in [-0.2, -0.15) is 0 Å². The molecule has 6 rings (SSSR count). The third-order valence-electron chi connectivity index (χ3n) is 7.40. The van der Waals surface area contributed by atoms with Crippen LogP contribution in [-0.4, -0.2) is 65.3 Å². The van der Waals surface area contributed by atoms with E-state index >= 15 is 0 Å². The summed E-state index contributed by atoms with van der Waals surface area (Å²) in [5, 5.41) is 14.6. The van der Waals surface area contributed by atoms with Crippen molar-refractivity contribution in [3.8, 4) is 22.8 Å². The number of hydrogen-bond donors (Lipinski definition) is 2. The van der Waals surface area contributed by atoms with Gasteiger partial charge in [0.1, 0.15) is 11.5 Å². The van der Waals surface area contributed by atoms with Gasteiger partial charge in [0.2, 0.25) is 0 Å². The fraction of sp³-hybridized carbons (Fsp3) is 0.379. The monoisotopic (exact) mass is 515 g/mol. The van der Waals surface area contributed by atoms with E-state index in [0.717, 1.165) is 90.0 Å². The third kappa shape index (κ3) is 5.56. The molecule has 1 saturated carbocycles. The fourth-order valence-electron chi connectivity index (χ4n) is 5.14. The molecule has 1 aliphatic heterocycles. The van der Waals surface area contributed by atoms with Crippen molar-refractivity contribution in [3.63, 3.8) is 0 Å². The van der Waals surface area contributed by atoms with Gasteiger partial charge in [-0.05, 0) is 50.2 Å². The van der Waals surface area contributed by atoms with Crippen LogP contribution in [0.5, 0.6) is 11.5 Å². The van der Waals surface area contributed by atoms with E-state index in [-0.39, 0.29) is 12.1 Å². The number of benzene rings is 2. The van der Waals surface area contributed by atoms with E-state index in [0.29, 0.717) is 0 Å². The first-order valence-electron chi connectivity index (χ1n) is 13.1. The van der Waals surface area contributed by atoms with Gasteiger partial charge in [0.05, 0.1) is 28.1 Å². The number of piperazine rings is 1. The van der Waals surface area contributed by atoms with Gasteiger partial charge in [-0.25, -0.2) is 4.98 Å². The van der Waals surface area contributed by atoms with Crippen molar-refractivity contribution < 1.29 is 9.84 Å². The fourth-order valence-corrected chi connectivity index (χ4v) is 6.10. The topological polar surface area (TPSA) is 73.8 Å². The van der Waals surface area contributed by atoms with Crippen LogP contribution < -0.4 is 15.0 Å². The highest BCUT2D eigenvalue weighted by Crippen LogP contribution is 2.33. The van der Waals surface area contributed by atoms with Crippen molar-refractivity contribution in [2.45, 2.75) is 37.8 Å². The zero-order valence-electron chi connectivity index (χ0n) is 21.1. The predicted octanol–water partition coefficient (Wildman–Crippen LogP) is 5.62. The summed E-state index contributed by atoms with van der Waals surface area (Å²) in [5.41, 5.74) is 4.15. The van der Waals surface area contributed by atoms with E-state index in [4.69, 9.17) is 9.72 Å². The molecule has 2 aromatic heterocycles. The number of ether oxygens (including phenoxy) is 1. The molecule has 0 spiro atoms. The summed E-state index contributed by atoms with van der Waals surface area (Å²) in [7, 11) is 2.18. The highest BCUT2D eigenvalue weighted by atomic mass is 32.1. The van der Waals surface area contributed by atoms with Crippen LogP contribution in [0.15, 0.2) is 60.8 Å². The van der Waals surface area contributed by atoms with Crippen molar-refractivity contribution in [2.75, 3.05) is 43.4 Å². The summed E-state index contributed by atoms with van der Waals surface area (Å²) in [6.45, 7) is 4.30. The number of nitrogens with one attached hydrogen (secondary N) is 1. The highest BCUT2D eigenvalue weighted by molar-refractivity contribution is 7.22. The molecule has 8 heteroatoms. The summed E-state index contributed by atoms with van der Waals surface area (Å²) in [6.07, 6.45) is 5.57. The van der Waals surface area contributed by atoms with Crippen LogP contribution in [0.2, 0.25) is 0 Å². The highest BCUT2D eigenvalue weighted by Gasteiger charge is 2.23. The summed E-state index contributed by atoms with van der Waals surface area (Å²) in [4.78, 5) is 14.1. The molecular weight excluding hydrogens is 482 g/mol. The normalized spacial score (nSPS) is 20.8. The van der Waals surface area contributed by atoms with Gasteiger partial charge in [0.25, 0.3) is 0 Å².